The molecule has 0 unspecified atom stereocenters. The van der Waals surface area contributed by atoms with Gasteiger partial charge in [-0.25, -0.2) is 4.79 Å². The molecular formula is C26H20O3. The van der Waals surface area contributed by atoms with E-state index in [1.54, 1.807) is 12.1 Å². The zero-order chi connectivity index (χ0) is 19.9. The summed E-state index contributed by atoms with van der Waals surface area (Å²) in [7, 11) is 0. The summed E-state index contributed by atoms with van der Waals surface area (Å²) >= 11 is 0. The Kier molecular flexibility index (Phi) is 5.68. The number of rotatable bonds is 6. The van der Waals surface area contributed by atoms with E-state index in [9.17, 15) is 4.79 Å². The fraction of sp³-hybridized carbons (Fsp3) is 0.0385. The number of hydrogen-bond acceptors (Lipinski definition) is 3. The van der Waals surface area contributed by atoms with E-state index in [2.05, 4.69) is 0 Å². The lowest BCUT2D eigenvalue weighted by atomic mass is 10.1. The monoisotopic (exact) mass is 380 g/mol. The second-order valence-corrected chi connectivity index (χ2v) is 6.52. The van der Waals surface area contributed by atoms with Gasteiger partial charge in [0.05, 0.1) is 0 Å². The largest absolute Gasteiger partial charge is 0.481 e. The van der Waals surface area contributed by atoms with E-state index >= 15 is 0 Å². The Hall–Kier alpha value is -3.85. The third kappa shape index (κ3) is 4.71. The highest BCUT2D eigenvalue weighted by molar-refractivity contribution is 5.76. The predicted octanol–water partition coefficient (Wildman–Crippen LogP) is 6.01. The Bertz CT molecular complexity index is 1070. The molecule has 0 aliphatic carbocycles. The molecule has 0 saturated heterocycles. The van der Waals surface area contributed by atoms with Crippen LogP contribution in [0.15, 0.2) is 109 Å². The number of carbonyl (C=O) groups excluding carboxylic acids is 1. The van der Waals surface area contributed by atoms with Crippen molar-refractivity contribution >= 4 is 5.97 Å². The van der Waals surface area contributed by atoms with Crippen LogP contribution in [0, 0.1) is 0 Å². The molecule has 0 amide bonds. The minimum atomic E-state index is -0.444. The molecule has 0 fully saturated rings. The number of benzene rings is 4. The highest BCUT2D eigenvalue weighted by atomic mass is 16.6. The second-order valence-electron chi connectivity index (χ2n) is 6.52. The Morgan fingerprint density at radius 1 is 0.586 bits per heavy atom. The van der Waals surface area contributed by atoms with Crippen LogP contribution in [-0.4, -0.2) is 12.6 Å². The summed E-state index contributed by atoms with van der Waals surface area (Å²) in [5, 5.41) is 0. The van der Waals surface area contributed by atoms with E-state index in [0.29, 0.717) is 11.5 Å². The average Bonchev–Trinajstić information content (AvgIpc) is 2.80. The molecule has 29 heavy (non-hydrogen) atoms. The lowest BCUT2D eigenvalue weighted by Crippen LogP contribution is -2.17. The smallest absolute Gasteiger partial charge is 0.349 e. The minimum Gasteiger partial charge on any atom is -0.481 e. The van der Waals surface area contributed by atoms with Crippen molar-refractivity contribution < 1.29 is 14.3 Å². The van der Waals surface area contributed by atoms with Gasteiger partial charge in [-0.2, -0.15) is 0 Å². The molecule has 0 heterocycles. The molecule has 0 N–H and O–H groups in total. The average molecular weight is 380 g/mol. The molecule has 142 valence electrons. The summed E-state index contributed by atoms with van der Waals surface area (Å²) in [6.45, 7) is -0.162. The van der Waals surface area contributed by atoms with Gasteiger partial charge in [-0.1, -0.05) is 91.0 Å². The molecule has 4 aromatic rings. The summed E-state index contributed by atoms with van der Waals surface area (Å²) in [5.74, 6) is 0.699. The SMILES string of the molecule is O=C(COc1ccccc1-c1ccccc1)Oc1ccc(-c2ccccc2)cc1. The number of carbonyl (C=O) groups is 1. The van der Waals surface area contributed by atoms with Crippen LogP contribution in [0.2, 0.25) is 0 Å². The molecule has 4 aromatic carbocycles. The van der Waals surface area contributed by atoms with E-state index in [1.165, 1.54) is 0 Å². The Morgan fingerprint density at radius 2 is 1.14 bits per heavy atom. The van der Waals surface area contributed by atoms with Crippen LogP contribution in [0.5, 0.6) is 11.5 Å². The first-order chi connectivity index (χ1) is 14.3. The van der Waals surface area contributed by atoms with Crippen LogP contribution in [0.3, 0.4) is 0 Å². The van der Waals surface area contributed by atoms with E-state index in [1.807, 2.05) is 97.1 Å². The van der Waals surface area contributed by atoms with Crippen molar-refractivity contribution in [3.63, 3.8) is 0 Å². The van der Waals surface area contributed by atoms with Crippen molar-refractivity contribution in [2.24, 2.45) is 0 Å². The molecule has 0 saturated carbocycles. The molecule has 3 heteroatoms. The Morgan fingerprint density at radius 3 is 1.83 bits per heavy atom. The summed E-state index contributed by atoms with van der Waals surface area (Å²) in [5.41, 5.74) is 4.16. The van der Waals surface area contributed by atoms with Gasteiger partial charge in [0, 0.05) is 5.56 Å². The topological polar surface area (TPSA) is 35.5 Å². The quantitative estimate of drug-likeness (QED) is 0.304. The summed E-state index contributed by atoms with van der Waals surface area (Å²) < 4.78 is 11.2. The number of para-hydroxylation sites is 1. The van der Waals surface area contributed by atoms with Gasteiger partial charge in [0.2, 0.25) is 0 Å². The van der Waals surface area contributed by atoms with E-state index < -0.39 is 5.97 Å². The van der Waals surface area contributed by atoms with E-state index in [-0.39, 0.29) is 6.61 Å². The third-order valence-corrected chi connectivity index (χ3v) is 4.51. The van der Waals surface area contributed by atoms with Crippen molar-refractivity contribution in [2.45, 2.75) is 0 Å². The van der Waals surface area contributed by atoms with Crippen LogP contribution >= 0.6 is 0 Å². The molecular weight excluding hydrogens is 360 g/mol. The van der Waals surface area contributed by atoms with Crippen molar-refractivity contribution in [1.82, 2.24) is 0 Å². The van der Waals surface area contributed by atoms with Gasteiger partial charge in [-0.15, -0.1) is 0 Å². The van der Waals surface area contributed by atoms with Crippen molar-refractivity contribution in [1.29, 1.82) is 0 Å². The summed E-state index contributed by atoms with van der Waals surface area (Å²) in [6, 6.07) is 35.1. The lowest BCUT2D eigenvalue weighted by Gasteiger charge is -2.11. The molecule has 0 atom stereocenters. The summed E-state index contributed by atoms with van der Waals surface area (Å²) in [6.07, 6.45) is 0. The molecule has 0 aliphatic heterocycles. The van der Waals surface area contributed by atoms with Crippen LogP contribution in [0.4, 0.5) is 0 Å². The molecule has 3 nitrogen and oxygen atoms in total. The van der Waals surface area contributed by atoms with Crippen LogP contribution in [-0.2, 0) is 4.79 Å². The summed E-state index contributed by atoms with van der Waals surface area (Å²) in [4.78, 5) is 12.2. The second kappa shape index (κ2) is 8.89. The highest BCUT2D eigenvalue weighted by Gasteiger charge is 2.10. The van der Waals surface area contributed by atoms with Gasteiger partial charge in [-0.05, 0) is 34.9 Å². The zero-order valence-electron chi connectivity index (χ0n) is 15.8. The molecule has 4 rings (SSSR count). The maximum absolute atomic E-state index is 12.2. The zero-order valence-corrected chi connectivity index (χ0v) is 15.8. The van der Waals surface area contributed by atoms with Crippen molar-refractivity contribution in [2.75, 3.05) is 6.61 Å². The predicted molar refractivity (Wildman–Crippen MR) is 115 cm³/mol. The first-order valence-electron chi connectivity index (χ1n) is 9.43. The fourth-order valence-electron chi connectivity index (χ4n) is 3.09. The fourth-order valence-corrected chi connectivity index (χ4v) is 3.09. The van der Waals surface area contributed by atoms with Gasteiger partial charge < -0.3 is 9.47 Å². The van der Waals surface area contributed by atoms with E-state index in [4.69, 9.17) is 9.47 Å². The van der Waals surface area contributed by atoms with Gasteiger partial charge >= 0.3 is 5.97 Å². The van der Waals surface area contributed by atoms with E-state index in [0.717, 1.165) is 22.3 Å². The Balaban J connectivity index is 1.39. The van der Waals surface area contributed by atoms with Gasteiger partial charge in [0.15, 0.2) is 6.61 Å². The molecule has 0 spiro atoms. The van der Waals surface area contributed by atoms with Crippen LogP contribution in [0.25, 0.3) is 22.3 Å². The number of esters is 1. The first kappa shape index (κ1) is 18.5. The standard InChI is InChI=1S/C26H20O3/c27-26(29-23-17-15-21(16-18-23)20-9-3-1-4-10-20)19-28-25-14-8-7-13-24(25)22-11-5-2-6-12-22/h1-18H,19H2. The molecule has 0 aliphatic rings. The third-order valence-electron chi connectivity index (χ3n) is 4.51. The van der Waals surface area contributed by atoms with Crippen molar-refractivity contribution in [3.8, 4) is 33.8 Å². The number of hydrogen-bond donors (Lipinski definition) is 0. The van der Waals surface area contributed by atoms with Crippen molar-refractivity contribution in [3.05, 3.63) is 109 Å². The van der Waals surface area contributed by atoms with Gasteiger partial charge in [0.1, 0.15) is 11.5 Å². The lowest BCUT2D eigenvalue weighted by molar-refractivity contribution is -0.136. The first-order valence-corrected chi connectivity index (χ1v) is 9.43. The van der Waals surface area contributed by atoms with Crippen LogP contribution < -0.4 is 9.47 Å². The normalized spacial score (nSPS) is 10.3. The number of ether oxygens (including phenoxy) is 2. The van der Waals surface area contributed by atoms with Gasteiger partial charge in [0.25, 0.3) is 0 Å². The van der Waals surface area contributed by atoms with Crippen LogP contribution in [0.1, 0.15) is 0 Å². The molecule has 0 bridgehead atoms. The maximum atomic E-state index is 12.2. The van der Waals surface area contributed by atoms with Gasteiger partial charge in [-0.3, -0.25) is 0 Å². The minimum absolute atomic E-state index is 0.162. The highest BCUT2D eigenvalue weighted by Crippen LogP contribution is 2.29. The molecule has 0 aromatic heterocycles. The molecule has 0 radical (unpaired) electrons. The maximum Gasteiger partial charge on any atom is 0.349 e. The Labute approximate surface area is 170 Å².